The first-order valence-corrected chi connectivity index (χ1v) is 9.37. The average Bonchev–Trinajstić information content (AvgIpc) is 3.13. The molecule has 0 unspecified atom stereocenters. The van der Waals surface area contributed by atoms with Crippen LogP contribution in [0.5, 0.6) is 0 Å². The summed E-state index contributed by atoms with van der Waals surface area (Å²) in [6.07, 6.45) is 0.705. The summed E-state index contributed by atoms with van der Waals surface area (Å²) in [5.41, 5.74) is 0. The second-order valence-electron chi connectivity index (χ2n) is 5.51. The fraction of sp³-hybridized carbons (Fsp3) is 0.500. The van der Waals surface area contributed by atoms with E-state index in [0.29, 0.717) is 13.0 Å². The highest BCUT2D eigenvalue weighted by Crippen LogP contribution is 2.14. The Morgan fingerprint density at radius 3 is 2.62 bits per heavy atom. The molecule has 132 valence electrons. The molecule has 0 radical (unpaired) electrons. The Bertz CT molecular complexity index is 667. The summed E-state index contributed by atoms with van der Waals surface area (Å²) >= 11 is 0. The molecule has 1 aromatic rings. The van der Waals surface area contributed by atoms with E-state index in [4.69, 9.17) is 4.74 Å². The van der Waals surface area contributed by atoms with Crippen LogP contribution in [0.25, 0.3) is 0 Å². The molecule has 2 rings (SSSR count). The second-order valence-corrected chi connectivity index (χ2v) is 7.62. The summed E-state index contributed by atoms with van der Waals surface area (Å²) < 4.78 is 34.5. The van der Waals surface area contributed by atoms with Crippen molar-refractivity contribution < 1.29 is 27.5 Å². The molecule has 1 aliphatic heterocycles. The first-order chi connectivity index (χ1) is 11.4. The van der Waals surface area contributed by atoms with E-state index in [1.807, 2.05) is 0 Å². The summed E-state index contributed by atoms with van der Waals surface area (Å²) in [4.78, 5) is 24.1. The van der Waals surface area contributed by atoms with Crippen LogP contribution in [0.1, 0.15) is 19.3 Å². The molecule has 2 atom stereocenters. The molecule has 1 heterocycles. The number of amides is 1. The van der Waals surface area contributed by atoms with E-state index in [1.165, 1.54) is 19.2 Å². The van der Waals surface area contributed by atoms with Crippen molar-refractivity contribution in [2.75, 3.05) is 19.5 Å². The van der Waals surface area contributed by atoms with Gasteiger partial charge in [0.15, 0.2) is 9.84 Å². The maximum atomic E-state index is 12.3. The smallest absolute Gasteiger partial charge is 0.328 e. The van der Waals surface area contributed by atoms with Gasteiger partial charge < -0.3 is 14.8 Å². The molecule has 0 aliphatic carbocycles. The molecule has 0 saturated carbocycles. The number of carbonyl (C=O) groups excluding carboxylic acids is 2. The highest BCUT2D eigenvalue weighted by atomic mass is 32.2. The minimum atomic E-state index is -3.54. The molecule has 0 aromatic heterocycles. The molecule has 1 aromatic carbocycles. The van der Waals surface area contributed by atoms with Crippen LogP contribution < -0.4 is 5.32 Å². The van der Waals surface area contributed by atoms with E-state index >= 15 is 0 Å². The van der Waals surface area contributed by atoms with Crippen molar-refractivity contribution in [2.24, 2.45) is 0 Å². The molecule has 8 heteroatoms. The average molecular weight is 355 g/mol. The maximum absolute atomic E-state index is 12.3. The van der Waals surface area contributed by atoms with E-state index in [-0.39, 0.29) is 17.1 Å². The third-order valence-electron chi connectivity index (χ3n) is 3.80. The molecule has 0 spiro atoms. The Kier molecular flexibility index (Phi) is 6.33. The van der Waals surface area contributed by atoms with Gasteiger partial charge in [-0.05, 0) is 31.4 Å². The normalized spacial score (nSPS) is 18.8. The Morgan fingerprint density at radius 1 is 1.33 bits per heavy atom. The molecule has 7 nitrogen and oxygen atoms in total. The van der Waals surface area contributed by atoms with Gasteiger partial charge >= 0.3 is 5.97 Å². The third-order valence-corrected chi connectivity index (χ3v) is 5.57. The van der Waals surface area contributed by atoms with Crippen molar-refractivity contribution in [3.8, 4) is 0 Å². The quantitative estimate of drug-likeness (QED) is 0.723. The lowest BCUT2D eigenvalue weighted by molar-refractivity contribution is -0.146. The number of esters is 1. The van der Waals surface area contributed by atoms with Crippen molar-refractivity contribution in [3.63, 3.8) is 0 Å². The number of sulfone groups is 1. The lowest BCUT2D eigenvalue weighted by Gasteiger charge is -2.18. The number of benzene rings is 1. The zero-order valence-corrected chi connectivity index (χ0v) is 14.3. The fourth-order valence-electron chi connectivity index (χ4n) is 2.46. The van der Waals surface area contributed by atoms with Crippen molar-refractivity contribution in [1.29, 1.82) is 0 Å². The number of hydrogen-bond donors (Lipinski definition) is 1. The lowest BCUT2D eigenvalue weighted by atomic mass is 10.2. The van der Waals surface area contributed by atoms with Gasteiger partial charge in [-0.2, -0.15) is 0 Å². The van der Waals surface area contributed by atoms with Crippen molar-refractivity contribution in [3.05, 3.63) is 30.3 Å². The minimum absolute atomic E-state index is 0.0671. The topological polar surface area (TPSA) is 98.8 Å². The molecule has 24 heavy (non-hydrogen) atoms. The molecule has 1 amide bonds. The molecular weight excluding hydrogens is 334 g/mol. The van der Waals surface area contributed by atoms with E-state index in [2.05, 4.69) is 10.1 Å². The minimum Gasteiger partial charge on any atom is -0.467 e. The number of ether oxygens (including phenoxy) is 2. The predicted molar refractivity (Wildman–Crippen MR) is 86.0 cm³/mol. The zero-order valence-electron chi connectivity index (χ0n) is 13.4. The van der Waals surface area contributed by atoms with Crippen LogP contribution in [0.2, 0.25) is 0 Å². The van der Waals surface area contributed by atoms with Gasteiger partial charge in [0.05, 0.1) is 17.8 Å². The van der Waals surface area contributed by atoms with Gasteiger partial charge in [-0.25, -0.2) is 13.2 Å². The number of hydrogen-bond acceptors (Lipinski definition) is 6. The Morgan fingerprint density at radius 2 is 2.04 bits per heavy atom. The molecule has 1 aliphatic rings. The van der Waals surface area contributed by atoms with Crippen LogP contribution >= 0.6 is 0 Å². The third kappa shape index (κ3) is 4.78. The summed E-state index contributed by atoms with van der Waals surface area (Å²) in [6.45, 7) is 0.503. The zero-order chi connectivity index (χ0) is 17.6. The first kappa shape index (κ1) is 18.4. The summed E-state index contributed by atoms with van der Waals surface area (Å²) in [5, 5.41) is 2.53. The highest BCUT2D eigenvalue weighted by Gasteiger charge is 2.30. The van der Waals surface area contributed by atoms with Crippen LogP contribution in [0, 0.1) is 0 Å². The Labute approximate surface area is 141 Å². The fourth-order valence-corrected chi connectivity index (χ4v) is 3.81. The predicted octanol–water partition coefficient (Wildman–Crippen LogP) is 0.687. The molecule has 1 N–H and O–H groups in total. The monoisotopic (exact) mass is 355 g/mol. The maximum Gasteiger partial charge on any atom is 0.328 e. The van der Waals surface area contributed by atoms with Crippen LogP contribution in [0.15, 0.2) is 35.2 Å². The molecule has 1 fully saturated rings. The summed E-state index contributed by atoms with van der Waals surface area (Å²) in [5.74, 6) is -1.37. The van der Waals surface area contributed by atoms with Gasteiger partial charge in [-0.15, -0.1) is 0 Å². The number of carbonyl (C=O) groups is 2. The van der Waals surface area contributed by atoms with Gasteiger partial charge in [0.2, 0.25) is 5.91 Å². The van der Waals surface area contributed by atoms with Crippen LogP contribution in [0.3, 0.4) is 0 Å². The van der Waals surface area contributed by atoms with Crippen molar-refractivity contribution >= 4 is 21.7 Å². The Hall–Kier alpha value is -1.93. The summed E-state index contributed by atoms with van der Waals surface area (Å²) in [6, 6.07) is 6.94. The SMILES string of the molecule is COC(=O)[C@@H](CCS(=O)(=O)c1ccccc1)NC(=O)[C@@H]1CCCO1. The standard InChI is InChI=1S/C16H21NO6S/c1-22-16(19)13(17-15(18)14-8-5-10-23-14)9-11-24(20,21)12-6-3-2-4-7-12/h2-4,6-7,13-14H,5,8-11H2,1H3,(H,17,18)/t13-,14+/m1/s1. The molecule has 1 saturated heterocycles. The van der Waals surface area contributed by atoms with Crippen LogP contribution in [-0.2, 0) is 28.9 Å². The van der Waals surface area contributed by atoms with Gasteiger partial charge in [0, 0.05) is 6.61 Å². The van der Waals surface area contributed by atoms with Gasteiger partial charge in [0.25, 0.3) is 0 Å². The summed E-state index contributed by atoms with van der Waals surface area (Å²) in [7, 11) is -2.35. The van der Waals surface area contributed by atoms with Crippen LogP contribution in [0.4, 0.5) is 0 Å². The first-order valence-electron chi connectivity index (χ1n) is 7.71. The molecular formula is C16H21NO6S. The lowest BCUT2D eigenvalue weighted by Crippen LogP contribution is -2.46. The number of methoxy groups -OCH3 is 1. The van der Waals surface area contributed by atoms with E-state index in [0.717, 1.165) is 6.42 Å². The van der Waals surface area contributed by atoms with Gasteiger partial charge in [-0.1, -0.05) is 18.2 Å². The largest absolute Gasteiger partial charge is 0.467 e. The van der Waals surface area contributed by atoms with Crippen LogP contribution in [-0.4, -0.2) is 51.9 Å². The van der Waals surface area contributed by atoms with E-state index < -0.39 is 33.9 Å². The number of nitrogens with one attached hydrogen (secondary N) is 1. The van der Waals surface area contributed by atoms with Gasteiger partial charge in [0.1, 0.15) is 12.1 Å². The van der Waals surface area contributed by atoms with Gasteiger partial charge in [-0.3, -0.25) is 4.79 Å². The van der Waals surface area contributed by atoms with E-state index in [1.54, 1.807) is 18.2 Å². The highest BCUT2D eigenvalue weighted by molar-refractivity contribution is 7.91. The van der Waals surface area contributed by atoms with Crippen molar-refractivity contribution in [1.82, 2.24) is 5.32 Å². The molecule has 0 bridgehead atoms. The Balaban J connectivity index is 2.01. The number of rotatable bonds is 7. The van der Waals surface area contributed by atoms with E-state index in [9.17, 15) is 18.0 Å². The second kappa shape index (κ2) is 8.25. The van der Waals surface area contributed by atoms with Crippen molar-refractivity contribution in [2.45, 2.75) is 36.3 Å².